The zero-order chi connectivity index (χ0) is 13.2. The average Bonchev–Trinajstić information content (AvgIpc) is 2.89. The Bertz CT molecular complexity index is 664. The molecule has 0 spiro atoms. The highest BCUT2D eigenvalue weighted by molar-refractivity contribution is 6.33. The number of hydrogen-bond donors (Lipinski definition) is 1. The minimum absolute atomic E-state index is 0.379. The second kappa shape index (κ2) is 4.74. The van der Waals surface area contributed by atoms with Crippen molar-refractivity contribution in [1.82, 2.24) is 10.2 Å². The first-order valence-corrected chi connectivity index (χ1v) is 6.07. The third-order valence-electron chi connectivity index (χ3n) is 2.72. The number of nitrogen functional groups attached to an aromatic ring is 1. The van der Waals surface area contributed by atoms with Gasteiger partial charge in [-0.25, -0.2) is 0 Å². The minimum atomic E-state index is 0.379. The summed E-state index contributed by atoms with van der Waals surface area (Å²) in [5, 5.41) is 8.59. The van der Waals surface area contributed by atoms with Crippen LogP contribution in [0.3, 0.4) is 0 Å². The Hall–Kier alpha value is -2.33. The largest absolute Gasteiger partial charge is 0.416 e. The lowest BCUT2D eigenvalue weighted by Crippen LogP contribution is -1.88. The fourth-order valence-corrected chi connectivity index (χ4v) is 1.98. The monoisotopic (exact) mass is 271 g/mol. The van der Waals surface area contributed by atoms with E-state index in [2.05, 4.69) is 10.2 Å². The molecule has 0 bridgehead atoms. The van der Waals surface area contributed by atoms with E-state index in [-0.39, 0.29) is 0 Å². The van der Waals surface area contributed by atoms with Crippen molar-refractivity contribution in [1.29, 1.82) is 0 Å². The molecule has 0 fully saturated rings. The number of hydrogen-bond acceptors (Lipinski definition) is 4. The van der Waals surface area contributed by atoms with Crippen LogP contribution in [-0.4, -0.2) is 10.2 Å². The van der Waals surface area contributed by atoms with Crippen LogP contribution in [-0.2, 0) is 0 Å². The summed E-state index contributed by atoms with van der Waals surface area (Å²) in [6.45, 7) is 0. The summed E-state index contributed by atoms with van der Waals surface area (Å²) in [5.41, 5.74) is 7.89. The van der Waals surface area contributed by atoms with E-state index < -0.39 is 0 Å². The van der Waals surface area contributed by atoms with E-state index in [1.54, 1.807) is 12.1 Å². The predicted octanol–water partition coefficient (Wildman–Crippen LogP) is 3.64. The number of aromatic nitrogens is 2. The van der Waals surface area contributed by atoms with Crippen molar-refractivity contribution in [2.45, 2.75) is 0 Å². The van der Waals surface area contributed by atoms with E-state index in [1.807, 2.05) is 36.4 Å². The zero-order valence-electron chi connectivity index (χ0n) is 9.88. The number of halogens is 1. The van der Waals surface area contributed by atoms with Gasteiger partial charge in [-0.05, 0) is 24.3 Å². The smallest absolute Gasteiger partial charge is 0.250 e. The summed E-state index contributed by atoms with van der Waals surface area (Å²) in [7, 11) is 0. The van der Waals surface area contributed by atoms with Crippen molar-refractivity contribution in [3.05, 3.63) is 53.6 Å². The molecule has 1 aromatic heterocycles. The van der Waals surface area contributed by atoms with Crippen molar-refractivity contribution >= 4 is 17.3 Å². The number of benzene rings is 2. The summed E-state index contributed by atoms with van der Waals surface area (Å²) in [6.07, 6.45) is 0. The molecule has 0 unspecified atom stereocenters. The second-order valence-electron chi connectivity index (χ2n) is 3.98. The van der Waals surface area contributed by atoms with E-state index in [4.69, 9.17) is 21.8 Å². The Morgan fingerprint density at radius 2 is 1.42 bits per heavy atom. The maximum absolute atomic E-state index is 6.09. The average molecular weight is 272 g/mol. The van der Waals surface area contributed by atoms with Crippen molar-refractivity contribution in [3.63, 3.8) is 0 Å². The fourth-order valence-electron chi connectivity index (χ4n) is 1.77. The van der Waals surface area contributed by atoms with E-state index in [0.717, 1.165) is 0 Å². The molecule has 3 aromatic rings. The van der Waals surface area contributed by atoms with Gasteiger partial charge in [0.15, 0.2) is 0 Å². The number of para-hydroxylation sites is 1. The lowest BCUT2D eigenvalue weighted by Gasteiger charge is -1.99. The lowest BCUT2D eigenvalue weighted by atomic mass is 10.2. The van der Waals surface area contributed by atoms with Crippen molar-refractivity contribution in [2.75, 3.05) is 5.73 Å². The molecule has 19 heavy (non-hydrogen) atoms. The summed E-state index contributed by atoms with van der Waals surface area (Å²) in [5.74, 6) is 0.761. The summed E-state index contributed by atoms with van der Waals surface area (Å²) in [6, 6.07) is 14.6. The third-order valence-corrected chi connectivity index (χ3v) is 3.05. The summed E-state index contributed by atoms with van der Waals surface area (Å²) >= 11 is 6.09. The van der Waals surface area contributed by atoms with Gasteiger partial charge in [0.05, 0.1) is 16.1 Å². The lowest BCUT2D eigenvalue weighted by molar-refractivity contribution is 0.585. The molecular weight excluding hydrogens is 262 g/mol. The second-order valence-corrected chi connectivity index (χ2v) is 4.39. The first kappa shape index (κ1) is 11.7. The normalized spacial score (nSPS) is 10.6. The first-order valence-electron chi connectivity index (χ1n) is 5.69. The minimum Gasteiger partial charge on any atom is -0.416 e. The van der Waals surface area contributed by atoms with Gasteiger partial charge in [0.25, 0.3) is 0 Å². The van der Waals surface area contributed by atoms with E-state index in [0.29, 0.717) is 33.6 Å². The SMILES string of the molecule is Nc1ccccc1-c1nnc(-c2ccccc2Cl)o1. The van der Waals surface area contributed by atoms with Crippen LogP contribution in [0, 0.1) is 0 Å². The molecular formula is C14H10ClN3O. The molecule has 0 aliphatic heterocycles. The van der Waals surface area contributed by atoms with Crippen LogP contribution in [0.15, 0.2) is 52.9 Å². The molecule has 94 valence electrons. The van der Waals surface area contributed by atoms with Gasteiger partial charge in [-0.1, -0.05) is 35.9 Å². The van der Waals surface area contributed by atoms with Gasteiger partial charge in [-0.15, -0.1) is 10.2 Å². The van der Waals surface area contributed by atoms with Crippen LogP contribution in [0.4, 0.5) is 5.69 Å². The number of anilines is 1. The third kappa shape index (κ3) is 2.18. The van der Waals surface area contributed by atoms with Gasteiger partial charge < -0.3 is 10.2 Å². The van der Waals surface area contributed by atoms with Gasteiger partial charge >= 0.3 is 0 Å². The standard InChI is InChI=1S/C14H10ClN3O/c15-11-7-3-1-5-9(11)13-17-18-14(19-13)10-6-2-4-8-12(10)16/h1-8H,16H2. The van der Waals surface area contributed by atoms with Crippen LogP contribution in [0.1, 0.15) is 0 Å². The van der Waals surface area contributed by atoms with Crippen LogP contribution < -0.4 is 5.73 Å². The highest BCUT2D eigenvalue weighted by atomic mass is 35.5. The van der Waals surface area contributed by atoms with E-state index in [1.165, 1.54) is 0 Å². The predicted molar refractivity (Wildman–Crippen MR) is 74.6 cm³/mol. The number of nitrogens with zero attached hydrogens (tertiary/aromatic N) is 2. The molecule has 0 radical (unpaired) electrons. The maximum atomic E-state index is 6.09. The maximum Gasteiger partial charge on any atom is 0.250 e. The Labute approximate surface area is 114 Å². The molecule has 4 nitrogen and oxygen atoms in total. The summed E-state index contributed by atoms with van der Waals surface area (Å²) in [4.78, 5) is 0. The summed E-state index contributed by atoms with van der Waals surface area (Å²) < 4.78 is 5.63. The van der Waals surface area contributed by atoms with E-state index in [9.17, 15) is 0 Å². The first-order chi connectivity index (χ1) is 9.25. The Balaban J connectivity index is 2.06. The van der Waals surface area contributed by atoms with Gasteiger partial charge in [0.2, 0.25) is 11.8 Å². The zero-order valence-corrected chi connectivity index (χ0v) is 10.6. The van der Waals surface area contributed by atoms with Crippen molar-refractivity contribution in [2.24, 2.45) is 0 Å². The Kier molecular flexibility index (Phi) is 2.93. The van der Waals surface area contributed by atoms with Crippen molar-refractivity contribution in [3.8, 4) is 22.9 Å². The molecule has 1 heterocycles. The van der Waals surface area contributed by atoms with Crippen LogP contribution >= 0.6 is 11.6 Å². The van der Waals surface area contributed by atoms with Crippen LogP contribution in [0.2, 0.25) is 5.02 Å². The van der Waals surface area contributed by atoms with E-state index >= 15 is 0 Å². The molecule has 0 aliphatic rings. The number of nitrogens with two attached hydrogens (primary N) is 1. The topological polar surface area (TPSA) is 64.9 Å². The molecule has 0 saturated carbocycles. The Morgan fingerprint density at radius 1 is 0.842 bits per heavy atom. The Morgan fingerprint density at radius 3 is 2.11 bits per heavy atom. The van der Waals surface area contributed by atoms with Gasteiger partial charge in [0, 0.05) is 5.69 Å². The molecule has 3 rings (SSSR count). The van der Waals surface area contributed by atoms with Crippen molar-refractivity contribution < 1.29 is 4.42 Å². The molecule has 0 aliphatic carbocycles. The number of rotatable bonds is 2. The van der Waals surface area contributed by atoms with Gasteiger partial charge in [0.1, 0.15) is 0 Å². The quantitative estimate of drug-likeness (QED) is 0.723. The highest BCUT2D eigenvalue weighted by Gasteiger charge is 2.14. The molecule has 5 heteroatoms. The van der Waals surface area contributed by atoms with Crippen LogP contribution in [0.25, 0.3) is 22.9 Å². The van der Waals surface area contributed by atoms with Gasteiger partial charge in [-0.3, -0.25) is 0 Å². The highest BCUT2D eigenvalue weighted by Crippen LogP contribution is 2.30. The van der Waals surface area contributed by atoms with Gasteiger partial charge in [-0.2, -0.15) is 0 Å². The molecule has 2 N–H and O–H groups in total. The van der Waals surface area contributed by atoms with Crippen LogP contribution in [0.5, 0.6) is 0 Å². The molecule has 0 amide bonds. The molecule has 0 atom stereocenters. The molecule has 2 aromatic carbocycles. The fraction of sp³-hybridized carbons (Fsp3) is 0. The molecule has 0 saturated heterocycles.